The summed E-state index contributed by atoms with van der Waals surface area (Å²) in [7, 11) is 0. The molecule has 0 radical (unpaired) electrons. The SMILES string of the molecule is O=C(Nc1nncs1)C1CC(=O)N(CCc2ccccc2)C1. The molecule has 0 spiro atoms. The molecular formula is C15H16N4O2S. The lowest BCUT2D eigenvalue weighted by molar-refractivity contribution is -0.128. The molecule has 1 aliphatic heterocycles. The first-order valence-electron chi connectivity index (χ1n) is 7.11. The monoisotopic (exact) mass is 316 g/mol. The summed E-state index contributed by atoms with van der Waals surface area (Å²) in [6.45, 7) is 1.11. The van der Waals surface area contributed by atoms with E-state index in [2.05, 4.69) is 15.5 Å². The summed E-state index contributed by atoms with van der Waals surface area (Å²) in [5, 5.41) is 10.6. The Balaban J connectivity index is 1.53. The molecule has 2 heterocycles. The van der Waals surface area contributed by atoms with Crippen molar-refractivity contribution in [1.82, 2.24) is 15.1 Å². The molecule has 3 rings (SSSR count). The molecule has 0 saturated carbocycles. The van der Waals surface area contributed by atoms with Crippen molar-refractivity contribution in [3.63, 3.8) is 0 Å². The van der Waals surface area contributed by atoms with Crippen molar-refractivity contribution in [2.45, 2.75) is 12.8 Å². The zero-order valence-corrected chi connectivity index (χ0v) is 12.8. The summed E-state index contributed by atoms with van der Waals surface area (Å²) < 4.78 is 0. The first-order valence-corrected chi connectivity index (χ1v) is 7.99. The number of anilines is 1. The van der Waals surface area contributed by atoms with Crippen molar-refractivity contribution in [2.75, 3.05) is 18.4 Å². The van der Waals surface area contributed by atoms with Crippen LogP contribution in [0.5, 0.6) is 0 Å². The van der Waals surface area contributed by atoms with E-state index in [0.29, 0.717) is 18.2 Å². The Hall–Kier alpha value is -2.28. The van der Waals surface area contributed by atoms with E-state index >= 15 is 0 Å². The van der Waals surface area contributed by atoms with E-state index in [0.717, 1.165) is 6.42 Å². The number of amides is 2. The molecule has 0 bridgehead atoms. The van der Waals surface area contributed by atoms with Crippen LogP contribution < -0.4 is 5.32 Å². The fourth-order valence-corrected chi connectivity index (χ4v) is 2.96. The largest absolute Gasteiger partial charge is 0.342 e. The van der Waals surface area contributed by atoms with Crippen LogP contribution in [0.4, 0.5) is 5.13 Å². The van der Waals surface area contributed by atoms with E-state index in [9.17, 15) is 9.59 Å². The van der Waals surface area contributed by atoms with Crippen molar-refractivity contribution in [2.24, 2.45) is 5.92 Å². The topological polar surface area (TPSA) is 75.2 Å². The van der Waals surface area contributed by atoms with Gasteiger partial charge in [-0.15, -0.1) is 10.2 Å². The Labute approximate surface area is 132 Å². The summed E-state index contributed by atoms with van der Waals surface area (Å²) in [4.78, 5) is 25.9. The summed E-state index contributed by atoms with van der Waals surface area (Å²) in [6.07, 6.45) is 1.07. The molecule has 6 nitrogen and oxygen atoms in total. The Morgan fingerprint density at radius 1 is 1.36 bits per heavy atom. The minimum absolute atomic E-state index is 0.0355. The lowest BCUT2D eigenvalue weighted by Gasteiger charge is -2.16. The van der Waals surface area contributed by atoms with Gasteiger partial charge in [0.05, 0.1) is 5.92 Å². The maximum atomic E-state index is 12.1. The van der Waals surface area contributed by atoms with Gasteiger partial charge in [-0.1, -0.05) is 41.7 Å². The van der Waals surface area contributed by atoms with Crippen molar-refractivity contribution >= 4 is 28.3 Å². The third-order valence-corrected chi connectivity index (χ3v) is 4.30. The van der Waals surface area contributed by atoms with Gasteiger partial charge in [-0.25, -0.2) is 0 Å². The summed E-state index contributed by atoms with van der Waals surface area (Å²) in [5.41, 5.74) is 2.75. The predicted octanol–water partition coefficient (Wildman–Crippen LogP) is 1.57. The van der Waals surface area contributed by atoms with Crippen LogP contribution in [0.25, 0.3) is 0 Å². The fourth-order valence-electron chi connectivity index (χ4n) is 2.51. The highest BCUT2D eigenvalue weighted by molar-refractivity contribution is 7.13. The second-order valence-corrected chi connectivity index (χ2v) is 6.04. The molecule has 2 amide bonds. The van der Waals surface area contributed by atoms with Crippen molar-refractivity contribution in [3.05, 3.63) is 41.4 Å². The van der Waals surface area contributed by atoms with Crippen LogP contribution in [0.3, 0.4) is 0 Å². The van der Waals surface area contributed by atoms with Crippen LogP contribution in [0.1, 0.15) is 12.0 Å². The highest BCUT2D eigenvalue weighted by Crippen LogP contribution is 2.20. The fraction of sp³-hybridized carbons (Fsp3) is 0.333. The van der Waals surface area contributed by atoms with Crippen LogP contribution >= 0.6 is 11.3 Å². The number of hydrogen-bond acceptors (Lipinski definition) is 5. The van der Waals surface area contributed by atoms with Crippen LogP contribution in [0.2, 0.25) is 0 Å². The van der Waals surface area contributed by atoms with Crippen molar-refractivity contribution < 1.29 is 9.59 Å². The number of nitrogens with zero attached hydrogens (tertiary/aromatic N) is 3. The van der Waals surface area contributed by atoms with Gasteiger partial charge in [-0.3, -0.25) is 9.59 Å². The molecule has 1 aliphatic rings. The summed E-state index contributed by atoms with van der Waals surface area (Å²) >= 11 is 1.27. The zero-order chi connectivity index (χ0) is 15.4. The first kappa shape index (κ1) is 14.6. The van der Waals surface area contributed by atoms with Gasteiger partial charge in [0, 0.05) is 19.5 Å². The molecule has 114 valence electrons. The van der Waals surface area contributed by atoms with Crippen molar-refractivity contribution in [1.29, 1.82) is 0 Å². The smallest absolute Gasteiger partial charge is 0.231 e. The zero-order valence-electron chi connectivity index (χ0n) is 11.9. The van der Waals surface area contributed by atoms with Crippen LogP contribution in [0.15, 0.2) is 35.8 Å². The molecule has 1 aromatic carbocycles. The number of aromatic nitrogens is 2. The van der Waals surface area contributed by atoms with E-state index in [1.165, 1.54) is 16.9 Å². The van der Waals surface area contributed by atoms with Gasteiger partial charge in [0.25, 0.3) is 0 Å². The van der Waals surface area contributed by atoms with E-state index in [1.807, 2.05) is 30.3 Å². The standard InChI is InChI=1S/C15H16N4O2S/c20-13-8-12(14(21)17-15-18-16-10-22-15)9-19(13)7-6-11-4-2-1-3-5-11/h1-5,10,12H,6-9H2,(H,17,18,21). The third kappa shape index (κ3) is 3.48. The van der Waals surface area contributed by atoms with E-state index in [-0.39, 0.29) is 24.2 Å². The number of carbonyl (C=O) groups excluding carboxylic acids is 2. The average molecular weight is 316 g/mol. The number of carbonyl (C=O) groups is 2. The van der Waals surface area contributed by atoms with Gasteiger partial charge in [0.15, 0.2) is 0 Å². The molecule has 22 heavy (non-hydrogen) atoms. The Morgan fingerprint density at radius 2 is 2.18 bits per heavy atom. The van der Waals surface area contributed by atoms with Gasteiger partial charge in [-0.05, 0) is 12.0 Å². The average Bonchev–Trinajstić information content (AvgIpc) is 3.16. The van der Waals surface area contributed by atoms with E-state index < -0.39 is 0 Å². The highest BCUT2D eigenvalue weighted by Gasteiger charge is 2.34. The minimum Gasteiger partial charge on any atom is -0.342 e. The van der Waals surface area contributed by atoms with Gasteiger partial charge in [0.1, 0.15) is 5.51 Å². The van der Waals surface area contributed by atoms with E-state index in [4.69, 9.17) is 0 Å². The first-order chi connectivity index (χ1) is 10.7. The van der Waals surface area contributed by atoms with Crippen LogP contribution in [-0.4, -0.2) is 40.0 Å². The van der Waals surface area contributed by atoms with Gasteiger partial charge < -0.3 is 10.2 Å². The second kappa shape index (κ2) is 6.65. The minimum atomic E-state index is -0.313. The second-order valence-electron chi connectivity index (χ2n) is 5.21. The van der Waals surface area contributed by atoms with Crippen molar-refractivity contribution in [3.8, 4) is 0 Å². The number of nitrogens with one attached hydrogen (secondary N) is 1. The van der Waals surface area contributed by atoms with Gasteiger partial charge in [0.2, 0.25) is 16.9 Å². The lowest BCUT2D eigenvalue weighted by atomic mass is 10.1. The van der Waals surface area contributed by atoms with Gasteiger partial charge in [-0.2, -0.15) is 0 Å². The quantitative estimate of drug-likeness (QED) is 0.908. The van der Waals surface area contributed by atoms with Crippen LogP contribution in [0, 0.1) is 5.92 Å². The summed E-state index contributed by atoms with van der Waals surface area (Å²) in [6, 6.07) is 10.0. The molecule has 1 fully saturated rings. The molecule has 1 saturated heterocycles. The number of benzene rings is 1. The number of rotatable bonds is 5. The molecule has 1 unspecified atom stereocenters. The normalized spacial score (nSPS) is 17.7. The Kier molecular flexibility index (Phi) is 4.43. The number of hydrogen-bond donors (Lipinski definition) is 1. The number of likely N-dealkylation sites (tertiary alicyclic amines) is 1. The Morgan fingerprint density at radius 3 is 2.91 bits per heavy atom. The van der Waals surface area contributed by atoms with E-state index in [1.54, 1.807) is 10.4 Å². The third-order valence-electron chi connectivity index (χ3n) is 3.69. The highest BCUT2D eigenvalue weighted by atomic mass is 32.1. The molecule has 1 aromatic heterocycles. The maximum Gasteiger partial charge on any atom is 0.231 e. The molecule has 7 heteroatoms. The van der Waals surface area contributed by atoms with Gasteiger partial charge >= 0.3 is 0 Å². The summed E-state index contributed by atoms with van der Waals surface area (Å²) in [5.74, 6) is -0.437. The molecule has 0 aliphatic carbocycles. The molecule has 1 atom stereocenters. The van der Waals surface area contributed by atoms with Crippen LogP contribution in [-0.2, 0) is 16.0 Å². The lowest BCUT2D eigenvalue weighted by Crippen LogP contribution is -2.30. The predicted molar refractivity (Wildman–Crippen MR) is 83.4 cm³/mol. The molecule has 2 aromatic rings. The Bertz CT molecular complexity index is 645. The molecule has 1 N–H and O–H groups in total. The molecular weight excluding hydrogens is 300 g/mol. The maximum absolute atomic E-state index is 12.1.